The molecule has 2 aliphatic heterocycles. The number of alkyl halides is 2. The molecule has 0 N–H and O–H groups in total. The Hall–Kier alpha value is -2.09. The van der Waals surface area contributed by atoms with Gasteiger partial charge in [-0.2, -0.15) is 13.8 Å². The van der Waals surface area contributed by atoms with Crippen LogP contribution < -0.4 is 9.47 Å². The Morgan fingerprint density at radius 1 is 1.28 bits per heavy atom. The molecule has 134 valence electrons. The van der Waals surface area contributed by atoms with E-state index in [0.717, 1.165) is 25.9 Å². The second-order valence-electron chi connectivity index (χ2n) is 5.62. The zero-order valence-electron chi connectivity index (χ0n) is 13.7. The van der Waals surface area contributed by atoms with Crippen molar-refractivity contribution in [3.05, 3.63) is 28.7 Å². The number of likely N-dealkylation sites (tertiary alicyclic amines) is 1. The van der Waals surface area contributed by atoms with Crippen LogP contribution in [0.5, 0.6) is 11.5 Å². The molecule has 1 saturated heterocycles. The quantitative estimate of drug-likeness (QED) is 0.758. The molecule has 2 aliphatic rings. The number of amidine groups is 1. The molecule has 0 radical (unpaired) electrons. The summed E-state index contributed by atoms with van der Waals surface area (Å²) in [7, 11) is 1.37. The SMILES string of the molecule is COc1cccc(/C=C2/SC(N3CCCCC3)=NC2=O)c1OC(F)F. The fraction of sp³-hybridized carbons (Fsp3) is 0.412. The number of para-hydroxylation sites is 1. The standard InChI is InChI=1S/C17H18F2N2O3S/c1-23-12-7-5-6-11(14(12)24-16(18)19)10-13-15(22)20-17(25-13)21-8-3-2-4-9-21/h5-7,10,16H,2-4,8-9H2,1H3/b13-10+. The molecular formula is C17H18F2N2O3S. The van der Waals surface area contributed by atoms with E-state index in [2.05, 4.69) is 14.6 Å². The molecule has 0 bridgehead atoms. The molecule has 0 aromatic heterocycles. The van der Waals surface area contributed by atoms with E-state index < -0.39 is 6.61 Å². The van der Waals surface area contributed by atoms with E-state index in [0.29, 0.717) is 15.6 Å². The van der Waals surface area contributed by atoms with Crippen LogP contribution in [0.2, 0.25) is 0 Å². The first-order valence-corrected chi connectivity index (χ1v) is 8.79. The van der Waals surface area contributed by atoms with Gasteiger partial charge in [-0.05, 0) is 43.2 Å². The topological polar surface area (TPSA) is 51.1 Å². The molecule has 0 saturated carbocycles. The van der Waals surface area contributed by atoms with E-state index in [-0.39, 0.29) is 17.4 Å². The minimum Gasteiger partial charge on any atom is -0.493 e. The highest BCUT2D eigenvalue weighted by atomic mass is 32.2. The Morgan fingerprint density at radius 2 is 2.04 bits per heavy atom. The third kappa shape index (κ3) is 4.12. The molecule has 3 rings (SSSR count). The number of carbonyl (C=O) groups is 1. The highest BCUT2D eigenvalue weighted by Crippen LogP contribution is 2.37. The summed E-state index contributed by atoms with van der Waals surface area (Å²) >= 11 is 1.26. The molecule has 2 heterocycles. The van der Waals surface area contributed by atoms with Crippen molar-refractivity contribution < 1.29 is 23.0 Å². The first-order valence-electron chi connectivity index (χ1n) is 7.98. The average molecular weight is 368 g/mol. The van der Waals surface area contributed by atoms with Crippen LogP contribution in [-0.2, 0) is 4.79 Å². The second-order valence-corrected chi connectivity index (χ2v) is 6.62. The summed E-state index contributed by atoms with van der Waals surface area (Å²) < 4.78 is 35.1. The van der Waals surface area contributed by atoms with Crippen molar-refractivity contribution in [3.63, 3.8) is 0 Å². The highest BCUT2D eigenvalue weighted by molar-refractivity contribution is 8.18. The van der Waals surface area contributed by atoms with E-state index in [4.69, 9.17) is 4.74 Å². The minimum atomic E-state index is -2.99. The summed E-state index contributed by atoms with van der Waals surface area (Å²) in [6, 6.07) is 4.78. The van der Waals surface area contributed by atoms with Crippen molar-refractivity contribution in [1.29, 1.82) is 0 Å². The monoisotopic (exact) mass is 368 g/mol. The van der Waals surface area contributed by atoms with Gasteiger partial charge in [0.1, 0.15) is 0 Å². The number of piperidine rings is 1. The number of hydrogen-bond acceptors (Lipinski definition) is 5. The van der Waals surface area contributed by atoms with Gasteiger partial charge in [0.2, 0.25) is 0 Å². The van der Waals surface area contributed by atoms with Crippen LogP contribution in [0.1, 0.15) is 24.8 Å². The summed E-state index contributed by atoms with van der Waals surface area (Å²) in [6.07, 6.45) is 4.86. The van der Waals surface area contributed by atoms with Crippen LogP contribution in [0, 0.1) is 0 Å². The first-order chi connectivity index (χ1) is 12.1. The van der Waals surface area contributed by atoms with Gasteiger partial charge in [0.25, 0.3) is 5.91 Å². The third-order valence-corrected chi connectivity index (χ3v) is 5.00. The summed E-state index contributed by atoms with van der Waals surface area (Å²) in [6.45, 7) is -1.23. The van der Waals surface area contributed by atoms with Gasteiger partial charge < -0.3 is 14.4 Å². The number of carbonyl (C=O) groups excluding carboxylic acids is 1. The number of nitrogens with zero attached hydrogens (tertiary/aromatic N) is 2. The molecule has 1 aromatic rings. The zero-order chi connectivity index (χ0) is 17.8. The Labute approximate surface area is 148 Å². The lowest BCUT2D eigenvalue weighted by Gasteiger charge is -2.27. The maximum atomic E-state index is 12.7. The fourth-order valence-corrected chi connectivity index (χ4v) is 3.74. The van der Waals surface area contributed by atoms with Gasteiger partial charge in [-0.15, -0.1) is 0 Å². The number of amides is 1. The Balaban J connectivity index is 1.85. The molecule has 1 aromatic carbocycles. The Bertz CT molecular complexity index is 716. The molecule has 0 unspecified atom stereocenters. The number of aliphatic imine (C=N–C) groups is 1. The van der Waals surface area contributed by atoms with Gasteiger partial charge in [-0.3, -0.25) is 4.79 Å². The number of rotatable bonds is 4. The van der Waals surface area contributed by atoms with Crippen LogP contribution >= 0.6 is 11.8 Å². The fourth-order valence-electron chi connectivity index (χ4n) is 2.78. The molecule has 1 amide bonds. The van der Waals surface area contributed by atoms with Crippen molar-refractivity contribution in [2.45, 2.75) is 25.9 Å². The molecular weight excluding hydrogens is 350 g/mol. The third-order valence-electron chi connectivity index (χ3n) is 3.96. The van der Waals surface area contributed by atoms with Crippen LogP contribution in [-0.4, -0.2) is 42.8 Å². The zero-order valence-corrected chi connectivity index (χ0v) is 14.5. The Kier molecular flexibility index (Phi) is 5.57. The molecule has 8 heteroatoms. The summed E-state index contributed by atoms with van der Waals surface area (Å²) in [5.41, 5.74) is 0.352. The van der Waals surface area contributed by atoms with Gasteiger partial charge in [-0.25, -0.2) is 0 Å². The molecule has 0 aliphatic carbocycles. The highest BCUT2D eigenvalue weighted by Gasteiger charge is 2.27. The Morgan fingerprint density at radius 3 is 2.72 bits per heavy atom. The van der Waals surface area contributed by atoms with Crippen LogP contribution in [0.4, 0.5) is 8.78 Å². The normalized spacial score (nSPS) is 19.5. The lowest BCUT2D eigenvalue weighted by atomic mass is 10.1. The van der Waals surface area contributed by atoms with E-state index in [9.17, 15) is 13.6 Å². The number of methoxy groups -OCH3 is 1. The number of halogens is 2. The van der Waals surface area contributed by atoms with E-state index in [1.807, 2.05) is 0 Å². The maximum Gasteiger partial charge on any atom is 0.387 e. The second kappa shape index (κ2) is 7.86. The summed E-state index contributed by atoms with van der Waals surface area (Å²) in [5.74, 6) is -0.272. The van der Waals surface area contributed by atoms with Crippen LogP contribution in [0.15, 0.2) is 28.1 Å². The maximum absolute atomic E-state index is 12.7. The average Bonchev–Trinajstić information content (AvgIpc) is 2.97. The van der Waals surface area contributed by atoms with Gasteiger partial charge >= 0.3 is 6.61 Å². The molecule has 0 spiro atoms. The van der Waals surface area contributed by atoms with Crippen molar-refractivity contribution in [2.24, 2.45) is 4.99 Å². The van der Waals surface area contributed by atoms with Gasteiger partial charge in [-0.1, -0.05) is 12.1 Å². The van der Waals surface area contributed by atoms with Gasteiger partial charge in [0.15, 0.2) is 16.7 Å². The van der Waals surface area contributed by atoms with Gasteiger partial charge in [0, 0.05) is 18.7 Å². The molecule has 0 atom stereocenters. The largest absolute Gasteiger partial charge is 0.493 e. The van der Waals surface area contributed by atoms with Crippen molar-refractivity contribution >= 4 is 28.9 Å². The lowest BCUT2D eigenvalue weighted by molar-refractivity contribution is -0.113. The van der Waals surface area contributed by atoms with Crippen molar-refractivity contribution in [3.8, 4) is 11.5 Å². The van der Waals surface area contributed by atoms with Gasteiger partial charge in [0.05, 0.1) is 12.0 Å². The molecule has 5 nitrogen and oxygen atoms in total. The number of ether oxygens (including phenoxy) is 2. The number of benzene rings is 1. The van der Waals surface area contributed by atoms with Crippen LogP contribution in [0.25, 0.3) is 6.08 Å². The van der Waals surface area contributed by atoms with E-state index >= 15 is 0 Å². The summed E-state index contributed by atoms with van der Waals surface area (Å²) in [4.78, 5) is 18.8. The smallest absolute Gasteiger partial charge is 0.387 e. The van der Waals surface area contributed by atoms with Crippen molar-refractivity contribution in [1.82, 2.24) is 4.90 Å². The number of thioether (sulfide) groups is 1. The molecule has 25 heavy (non-hydrogen) atoms. The van der Waals surface area contributed by atoms with Crippen molar-refractivity contribution in [2.75, 3.05) is 20.2 Å². The molecule has 1 fully saturated rings. The summed E-state index contributed by atoms with van der Waals surface area (Å²) in [5, 5.41) is 0.676. The predicted octanol–water partition coefficient (Wildman–Crippen LogP) is 3.75. The predicted molar refractivity (Wildman–Crippen MR) is 93.1 cm³/mol. The van der Waals surface area contributed by atoms with E-state index in [1.54, 1.807) is 12.1 Å². The lowest BCUT2D eigenvalue weighted by Crippen LogP contribution is -2.33. The minimum absolute atomic E-state index is 0.0904. The van der Waals surface area contributed by atoms with Crippen LogP contribution in [0.3, 0.4) is 0 Å². The van der Waals surface area contributed by atoms with E-state index in [1.165, 1.54) is 37.4 Å². The first kappa shape index (κ1) is 17.7. The number of hydrogen-bond donors (Lipinski definition) is 0.